The normalized spacial score (nSPS) is 14.3. The number of halogens is 3. The predicted octanol–water partition coefficient (Wildman–Crippen LogP) is 1.60. The molecular weight excluding hydrogens is 287 g/mol. The van der Waals surface area contributed by atoms with Gasteiger partial charge in [0.15, 0.2) is 0 Å². The number of carboxylic acids is 1. The summed E-state index contributed by atoms with van der Waals surface area (Å²) in [5.41, 5.74) is -0.921. The molecule has 0 aromatic heterocycles. The average molecular weight is 302 g/mol. The number of nitrogens with one attached hydrogen (secondary N) is 1. The Hall–Kier alpha value is -2.05. The van der Waals surface area contributed by atoms with Crippen LogP contribution in [0.25, 0.3) is 0 Å². The highest BCUT2D eigenvalue weighted by atomic mass is 19.4. The van der Waals surface area contributed by atoms with Gasteiger partial charge in [-0.2, -0.15) is 13.2 Å². The smallest absolute Gasteiger partial charge is 0.416 e. The van der Waals surface area contributed by atoms with E-state index in [0.29, 0.717) is 6.42 Å². The van der Waals surface area contributed by atoms with Crippen molar-refractivity contribution < 1.29 is 27.9 Å². The van der Waals surface area contributed by atoms with E-state index in [1.165, 1.54) is 0 Å². The van der Waals surface area contributed by atoms with Gasteiger partial charge in [-0.05, 0) is 30.2 Å². The molecule has 0 aliphatic heterocycles. The van der Waals surface area contributed by atoms with Crippen molar-refractivity contribution in [1.29, 1.82) is 0 Å². The van der Waals surface area contributed by atoms with E-state index >= 15 is 0 Å². The second kappa shape index (κ2) is 6.60. The summed E-state index contributed by atoms with van der Waals surface area (Å²) in [6.07, 6.45) is -3.98. The molecule has 0 saturated heterocycles. The molecule has 2 atom stereocenters. The molecule has 0 spiro atoms. The highest BCUT2D eigenvalue weighted by Crippen LogP contribution is 2.29. The Morgan fingerprint density at radius 1 is 1.24 bits per heavy atom. The summed E-state index contributed by atoms with van der Waals surface area (Å²) < 4.78 is 37.2. The largest absolute Gasteiger partial charge is 0.548 e. The van der Waals surface area contributed by atoms with Gasteiger partial charge in [0.2, 0.25) is 0 Å². The van der Waals surface area contributed by atoms with Crippen LogP contribution in [0.15, 0.2) is 24.3 Å². The van der Waals surface area contributed by atoms with E-state index in [-0.39, 0.29) is 11.5 Å². The molecule has 1 aromatic rings. The first-order chi connectivity index (χ1) is 9.66. The van der Waals surface area contributed by atoms with Crippen LogP contribution in [0.3, 0.4) is 0 Å². The minimum atomic E-state index is -4.49. The molecule has 0 saturated carbocycles. The Morgan fingerprint density at radius 2 is 1.76 bits per heavy atom. The minimum absolute atomic E-state index is 0.0439. The van der Waals surface area contributed by atoms with Gasteiger partial charge in [0.05, 0.1) is 17.6 Å². The van der Waals surface area contributed by atoms with E-state index in [1.54, 1.807) is 13.8 Å². The zero-order valence-corrected chi connectivity index (χ0v) is 11.5. The van der Waals surface area contributed by atoms with Gasteiger partial charge in [-0.1, -0.05) is 20.3 Å². The lowest BCUT2D eigenvalue weighted by atomic mass is 9.99. The van der Waals surface area contributed by atoms with E-state index in [9.17, 15) is 27.9 Å². The number of carbonyl (C=O) groups excluding carboxylic acids is 2. The van der Waals surface area contributed by atoms with Gasteiger partial charge in [-0.25, -0.2) is 0 Å². The van der Waals surface area contributed by atoms with Crippen LogP contribution in [-0.4, -0.2) is 17.9 Å². The lowest BCUT2D eigenvalue weighted by Crippen LogP contribution is -2.51. The van der Waals surface area contributed by atoms with Gasteiger partial charge in [0.25, 0.3) is 5.91 Å². The number of hydrogen-bond acceptors (Lipinski definition) is 3. The standard InChI is InChI=1S/C14H16F3NO3/c1-3-8(2)11(13(20)21)18-12(19)9-4-6-10(7-5-9)14(15,16)17/h4-8,11H,3H2,1-2H3,(H,18,19)(H,20,21)/p-1/t8-,11+/m0/s1. The zero-order valence-electron chi connectivity index (χ0n) is 11.5. The van der Waals surface area contributed by atoms with Crippen molar-refractivity contribution in [2.24, 2.45) is 5.92 Å². The zero-order chi connectivity index (χ0) is 16.2. The maximum atomic E-state index is 12.4. The molecule has 0 aliphatic carbocycles. The molecule has 1 N–H and O–H groups in total. The van der Waals surface area contributed by atoms with E-state index in [0.717, 1.165) is 24.3 Å². The third kappa shape index (κ3) is 4.47. The van der Waals surface area contributed by atoms with Crippen molar-refractivity contribution in [2.75, 3.05) is 0 Å². The quantitative estimate of drug-likeness (QED) is 0.898. The molecule has 1 rings (SSSR count). The molecule has 116 valence electrons. The van der Waals surface area contributed by atoms with Gasteiger partial charge in [-0.3, -0.25) is 4.79 Å². The first kappa shape index (κ1) is 17.0. The van der Waals surface area contributed by atoms with Gasteiger partial charge < -0.3 is 15.2 Å². The first-order valence-electron chi connectivity index (χ1n) is 6.35. The van der Waals surface area contributed by atoms with E-state index < -0.39 is 29.7 Å². The van der Waals surface area contributed by atoms with Gasteiger partial charge >= 0.3 is 6.18 Å². The van der Waals surface area contributed by atoms with Crippen molar-refractivity contribution in [2.45, 2.75) is 32.5 Å². The number of carboxylic acid groups (broad SMARTS) is 1. The lowest BCUT2D eigenvalue weighted by Gasteiger charge is -2.25. The van der Waals surface area contributed by atoms with Crippen LogP contribution >= 0.6 is 0 Å². The SMILES string of the molecule is CC[C@H](C)[C@@H](NC(=O)c1ccc(C(F)(F)F)cc1)C(=O)[O-]. The molecule has 1 aromatic carbocycles. The van der Waals surface area contributed by atoms with Crippen LogP contribution in [0.2, 0.25) is 0 Å². The molecule has 0 bridgehead atoms. The Morgan fingerprint density at radius 3 is 2.14 bits per heavy atom. The molecule has 0 unspecified atom stereocenters. The van der Waals surface area contributed by atoms with Crippen LogP contribution in [-0.2, 0) is 11.0 Å². The summed E-state index contributed by atoms with van der Waals surface area (Å²) in [7, 11) is 0. The van der Waals surface area contributed by atoms with Gasteiger partial charge in [0.1, 0.15) is 0 Å². The van der Waals surface area contributed by atoms with Crippen molar-refractivity contribution in [3.8, 4) is 0 Å². The highest BCUT2D eigenvalue weighted by Gasteiger charge is 2.30. The maximum Gasteiger partial charge on any atom is 0.416 e. The summed E-state index contributed by atoms with van der Waals surface area (Å²) in [6.45, 7) is 3.39. The number of aliphatic carboxylic acids is 1. The molecule has 4 nitrogen and oxygen atoms in total. The number of rotatable bonds is 5. The fraction of sp³-hybridized carbons (Fsp3) is 0.429. The summed E-state index contributed by atoms with van der Waals surface area (Å²) >= 11 is 0. The number of alkyl halides is 3. The lowest BCUT2D eigenvalue weighted by molar-refractivity contribution is -0.309. The Balaban J connectivity index is 2.86. The fourth-order valence-electron chi connectivity index (χ4n) is 1.70. The third-order valence-electron chi connectivity index (χ3n) is 3.23. The van der Waals surface area contributed by atoms with Crippen LogP contribution in [0.1, 0.15) is 36.2 Å². The Labute approximate surface area is 120 Å². The molecule has 0 aliphatic rings. The number of carbonyl (C=O) groups is 2. The highest BCUT2D eigenvalue weighted by molar-refractivity contribution is 5.96. The molecule has 0 radical (unpaired) electrons. The van der Waals surface area contributed by atoms with Gasteiger partial charge in [0, 0.05) is 5.56 Å². The molecule has 0 fully saturated rings. The van der Waals surface area contributed by atoms with Crippen LogP contribution in [0.5, 0.6) is 0 Å². The third-order valence-corrected chi connectivity index (χ3v) is 3.23. The van der Waals surface area contributed by atoms with Gasteiger partial charge in [-0.15, -0.1) is 0 Å². The second-order valence-electron chi connectivity index (χ2n) is 4.73. The summed E-state index contributed by atoms with van der Waals surface area (Å²) in [6, 6.07) is 2.35. The summed E-state index contributed by atoms with van der Waals surface area (Å²) in [5, 5.41) is 13.2. The average Bonchev–Trinajstić information content (AvgIpc) is 2.42. The summed E-state index contributed by atoms with van der Waals surface area (Å²) in [5.74, 6) is -2.53. The summed E-state index contributed by atoms with van der Waals surface area (Å²) in [4.78, 5) is 22.8. The maximum absolute atomic E-state index is 12.4. The molecule has 7 heteroatoms. The fourth-order valence-corrected chi connectivity index (χ4v) is 1.70. The number of benzene rings is 1. The number of hydrogen-bond donors (Lipinski definition) is 1. The monoisotopic (exact) mass is 302 g/mol. The molecule has 21 heavy (non-hydrogen) atoms. The van der Waals surface area contributed by atoms with Crippen LogP contribution in [0.4, 0.5) is 13.2 Å². The van der Waals surface area contributed by atoms with E-state index in [2.05, 4.69) is 5.32 Å². The van der Waals surface area contributed by atoms with Crippen molar-refractivity contribution >= 4 is 11.9 Å². The molecule has 1 amide bonds. The van der Waals surface area contributed by atoms with Crippen LogP contribution < -0.4 is 10.4 Å². The number of amides is 1. The Bertz CT molecular complexity index is 511. The van der Waals surface area contributed by atoms with E-state index in [1.807, 2.05) is 0 Å². The van der Waals surface area contributed by atoms with E-state index in [4.69, 9.17) is 0 Å². The molecular formula is C14H15F3NO3-. The Kier molecular flexibility index (Phi) is 5.34. The molecule has 0 heterocycles. The van der Waals surface area contributed by atoms with Crippen LogP contribution in [0, 0.1) is 5.92 Å². The first-order valence-corrected chi connectivity index (χ1v) is 6.35. The minimum Gasteiger partial charge on any atom is -0.548 e. The van der Waals surface area contributed by atoms with Crippen molar-refractivity contribution in [3.05, 3.63) is 35.4 Å². The van der Waals surface area contributed by atoms with Crippen molar-refractivity contribution in [1.82, 2.24) is 5.32 Å². The topological polar surface area (TPSA) is 69.2 Å². The second-order valence-corrected chi connectivity index (χ2v) is 4.73. The predicted molar refractivity (Wildman–Crippen MR) is 67.2 cm³/mol. The van der Waals surface area contributed by atoms with Crippen molar-refractivity contribution in [3.63, 3.8) is 0 Å².